The van der Waals surface area contributed by atoms with Crippen molar-refractivity contribution < 1.29 is 9.21 Å². The predicted molar refractivity (Wildman–Crippen MR) is 88.0 cm³/mol. The summed E-state index contributed by atoms with van der Waals surface area (Å²) in [4.78, 5) is 18.8. The Kier molecular flexibility index (Phi) is 4.74. The van der Waals surface area contributed by atoms with E-state index in [2.05, 4.69) is 4.98 Å². The average molecular weight is 327 g/mol. The molecular weight excluding hydrogens is 312 g/mol. The molecule has 0 saturated carbocycles. The van der Waals surface area contributed by atoms with Crippen LogP contribution in [0.1, 0.15) is 21.8 Å². The molecule has 116 valence electrons. The predicted octanol–water partition coefficient (Wildman–Crippen LogP) is 4.17. The Morgan fingerprint density at radius 2 is 1.87 bits per heavy atom. The molecule has 0 radical (unpaired) electrons. The van der Waals surface area contributed by atoms with E-state index in [1.165, 1.54) is 0 Å². The van der Waals surface area contributed by atoms with E-state index in [0.717, 1.165) is 5.69 Å². The quantitative estimate of drug-likeness (QED) is 0.707. The summed E-state index contributed by atoms with van der Waals surface area (Å²) in [5, 5.41) is 0.433. The first kappa shape index (κ1) is 15.3. The number of pyridine rings is 1. The van der Waals surface area contributed by atoms with Gasteiger partial charge in [0.2, 0.25) is 0 Å². The molecule has 2 aromatic heterocycles. The minimum atomic E-state index is -0.155. The van der Waals surface area contributed by atoms with Crippen molar-refractivity contribution in [1.29, 1.82) is 0 Å². The maximum Gasteiger partial charge on any atom is 0.256 e. The number of benzene rings is 1. The van der Waals surface area contributed by atoms with Crippen LogP contribution < -0.4 is 0 Å². The lowest BCUT2D eigenvalue weighted by Gasteiger charge is -2.22. The number of carbonyl (C=O) groups is 1. The fourth-order valence-electron chi connectivity index (χ4n) is 2.28. The van der Waals surface area contributed by atoms with Gasteiger partial charge in [-0.1, -0.05) is 29.8 Å². The van der Waals surface area contributed by atoms with Gasteiger partial charge >= 0.3 is 0 Å². The van der Waals surface area contributed by atoms with Gasteiger partial charge in [0.05, 0.1) is 35.6 Å². The summed E-state index contributed by atoms with van der Waals surface area (Å²) in [6.07, 6.45) is 3.30. The van der Waals surface area contributed by atoms with E-state index in [1.807, 2.05) is 24.3 Å². The van der Waals surface area contributed by atoms with Crippen LogP contribution in [0.5, 0.6) is 0 Å². The summed E-state index contributed by atoms with van der Waals surface area (Å²) < 4.78 is 5.37. The zero-order valence-corrected chi connectivity index (χ0v) is 13.1. The number of carbonyl (C=O) groups excluding carboxylic acids is 1. The largest absolute Gasteiger partial charge is 0.467 e. The first-order valence-electron chi connectivity index (χ1n) is 7.20. The summed E-state index contributed by atoms with van der Waals surface area (Å²) in [7, 11) is 0. The molecule has 0 atom stereocenters. The molecule has 5 heteroatoms. The zero-order chi connectivity index (χ0) is 16.1. The number of halogens is 1. The molecule has 4 nitrogen and oxygen atoms in total. The Hall–Kier alpha value is -2.59. The third-order valence-corrected chi connectivity index (χ3v) is 3.73. The molecule has 0 aliphatic heterocycles. The van der Waals surface area contributed by atoms with Gasteiger partial charge in [-0.25, -0.2) is 0 Å². The van der Waals surface area contributed by atoms with Crippen molar-refractivity contribution in [2.75, 3.05) is 0 Å². The summed E-state index contributed by atoms with van der Waals surface area (Å²) in [5.41, 5.74) is 1.27. The number of rotatable bonds is 5. The lowest BCUT2D eigenvalue weighted by atomic mass is 10.2. The Labute approximate surface area is 139 Å². The van der Waals surface area contributed by atoms with Crippen LogP contribution in [0.25, 0.3) is 0 Å². The van der Waals surface area contributed by atoms with Crippen molar-refractivity contribution in [2.45, 2.75) is 13.1 Å². The van der Waals surface area contributed by atoms with Crippen molar-refractivity contribution in [3.63, 3.8) is 0 Å². The van der Waals surface area contributed by atoms with E-state index in [9.17, 15) is 4.79 Å². The molecule has 3 aromatic rings. The Bertz CT molecular complexity index is 773. The van der Waals surface area contributed by atoms with E-state index in [4.69, 9.17) is 16.0 Å². The van der Waals surface area contributed by atoms with Gasteiger partial charge in [0, 0.05) is 6.20 Å². The van der Waals surface area contributed by atoms with E-state index >= 15 is 0 Å². The minimum absolute atomic E-state index is 0.155. The molecule has 0 bridgehead atoms. The molecule has 0 fully saturated rings. The van der Waals surface area contributed by atoms with Gasteiger partial charge in [-0.3, -0.25) is 9.78 Å². The van der Waals surface area contributed by atoms with Crippen LogP contribution in [0.4, 0.5) is 0 Å². The highest BCUT2D eigenvalue weighted by Crippen LogP contribution is 2.20. The maximum absolute atomic E-state index is 12.9. The van der Waals surface area contributed by atoms with Crippen molar-refractivity contribution in [3.8, 4) is 0 Å². The van der Waals surface area contributed by atoms with Crippen LogP contribution in [0.3, 0.4) is 0 Å². The molecule has 0 N–H and O–H groups in total. The average Bonchev–Trinajstić information content (AvgIpc) is 3.08. The standard InChI is InChI=1S/C18H15ClN2O2/c19-17-9-2-1-8-16(17)18(22)21(13-15-7-5-11-23-15)12-14-6-3-4-10-20-14/h1-11H,12-13H2. The van der Waals surface area contributed by atoms with Crippen LogP contribution >= 0.6 is 11.6 Å². The summed E-state index contributed by atoms with van der Waals surface area (Å²) in [6, 6.07) is 16.3. The van der Waals surface area contributed by atoms with Crippen molar-refractivity contribution in [1.82, 2.24) is 9.88 Å². The van der Waals surface area contributed by atoms with Crippen LogP contribution in [-0.4, -0.2) is 15.8 Å². The summed E-state index contributed by atoms with van der Waals surface area (Å²) >= 11 is 6.16. The second-order valence-corrected chi connectivity index (χ2v) is 5.45. The Morgan fingerprint density at radius 3 is 2.57 bits per heavy atom. The normalized spacial score (nSPS) is 10.5. The lowest BCUT2D eigenvalue weighted by molar-refractivity contribution is 0.0715. The zero-order valence-electron chi connectivity index (χ0n) is 12.4. The third-order valence-electron chi connectivity index (χ3n) is 3.40. The van der Waals surface area contributed by atoms with Gasteiger partial charge in [-0.05, 0) is 36.4 Å². The van der Waals surface area contributed by atoms with Crippen LogP contribution in [0.2, 0.25) is 5.02 Å². The lowest BCUT2D eigenvalue weighted by Crippen LogP contribution is -2.30. The summed E-state index contributed by atoms with van der Waals surface area (Å²) in [6.45, 7) is 0.735. The minimum Gasteiger partial charge on any atom is -0.467 e. The van der Waals surface area contributed by atoms with Crippen LogP contribution in [0.15, 0.2) is 71.5 Å². The van der Waals surface area contributed by atoms with Gasteiger partial charge in [0.1, 0.15) is 5.76 Å². The Balaban J connectivity index is 1.88. The first-order valence-corrected chi connectivity index (χ1v) is 7.58. The fraction of sp³-hybridized carbons (Fsp3) is 0.111. The fourth-order valence-corrected chi connectivity index (χ4v) is 2.50. The highest BCUT2D eigenvalue weighted by molar-refractivity contribution is 6.33. The van der Waals surface area contributed by atoms with Gasteiger partial charge in [0.25, 0.3) is 5.91 Å². The third kappa shape index (κ3) is 3.79. The highest BCUT2D eigenvalue weighted by atomic mass is 35.5. The molecule has 3 rings (SSSR count). The number of furan rings is 1. The van der Waals surface area contributed by atoms with E-state index < -0.39 is 0 Å². The van der Waals surface area contributed by atoms with Crippen molar-refractivity contribution in [3.05, 3.63) is 89.1 Å². The highest BCUT2D eigenvalue weighted by Gasteiger charge is 2.20. The molecule has 1 amide bonds. The van der Waals surface area contributed by atoms with Crippen molar-refractivity contribution in [2.24, 2.45) is 0 Å². The second-order valence-electron chi connectivity index (χ2n) is 5.04. The monoisotopic (exact) mass is 326 g/mol. The van der Waals surface area contributed by atoms with E-state index in [1.54, 1.807) is 47.7 Å². The van der Waals surface area contributed by atoms with Gasteiger partial charge in [0.15, 0.2) is 0 Å². The SMILES string of the molecule is O=C(c1ccccc1Cl)N(Cc1ccccn1)Cc1ccco1. The van der Waals surface area contributed by atoms with Crippen LogP contribution in [0, 0.1) is 0 Å². The van der Waals surface area contributed by atoms with Gasteiger partial charge < -0.3 is 9.32 Å². The van der Waals surface area contributed by atoms with Gasteiger partial charge in [-0.2, -0.15) is 0 Å². The topological polar surface area (TPSA) is 46.3 Å². The molecule has 1 aromatic carbocycles. The van der Waals surface area contributed by atoms with Crippen molar-refractivity contribution >= 4 is 17.5 Å². The Morgan fingerprint density at radius 1 is 1.04 bits per heavy atom. The first-order chi connectivity index (χ1) is 11.2. The number of nitrogens with zero attached hydrogens (tertiary/aromatic N) is 2. The molecular formula is C18H15ClN2O2. The number of hydrogen-bond acceptors (Lipinski definition) is 3. The molecule has 2 heterocycles. The molecule has 0 unspecified atom stereocenters. The van der Waals surface area contributed by atoms with Gasteiger partial charge in [-0.15, -0.1) is 0 Å². The number of hydrogen-bond donors (Lipinski definition) is 0. The number of amides is 1. The summed E-state index contributed by atoms with van der Waals surface area (Å²) in [5.74, 6) is 0.555. The van der Waals surface area contributed by atoms with E-state index in [0.29, 0.717) is 29.4 Å². The van der Waals surface area contributed by atoms with E-state index in [-0.39, 0.29) is 5.91 Å². The maximum atomic E-state index is 12.9. The molecule has 0 aliphatic carbocycles. The smallest absolute Gasteiger partial charge is 0.256 e. The molecule has 0 aliphatic rings. The molecule has 23 heavy (non-hydrogen) atoms. The second kappa shape index (κ2) is 7.11. The molecule has 0 saturated heterocycles. The number of aromatic nitrogens is 1. The molecule has 0 spiro atoms. The van der Waals surface area contributed by atoms with Crippen LogP contribution in [-0.2, 0) is 13.1 Å².